The minimum absolute atomic E-state index is 0.0353. The van der Waals surface area contributed by atoms with Crippen LogP contribution in [0.25, 0.3) is 5.65 Å². The monoisotopic (exact) mass is 287 g/mol. The van der Waals surface area contributed by atoms with Crippen LogP contribution in [0.2, 0.25) is 0 Å². The zero-order valence-electron chi connectivity index (χ0n) is 10.6. The molecule has 6 heteroatoms. The zero-order valence-corrected chi connectivity index (χ0v) is 11.4. The molecule has 3 rings (SSSR count). The highest BCUT2D eigenvalue weighted by atomic mass is 32.1. The SMILES string of the molecule is Cc1ccc2nc(=S)n(C(=O)c3ccccc3F)n2c1. The van der Waals surface area contributed by atoms with Gasteiger partial charge in [0.1, 0.15) is 5.82 Å². The molecule has 20 heavy (non-hydrogen) atoms. The van der Waals surface area contributed by atoms with E-state index in [-0.39, 0.29) is 10.3 Å². The Bertz CT molecular complexity index is 882. The molecule has 0 bridgehead atoms. The van der Waals surface area contributed by atoms with E-state index in [9.17, 15) is 9.18 Å². The van der Waals surface area contributed by atoms with Gasteiger partial charge in [-0.15, -0.1) is 0 Å². The second-order valence-electron chi connectivity index (χ2n) is 4.40. The number of hydrogen-bond acceptors (Lipinski definition) is 3. The third-order valence-corrected chi connectivity index (χ3v) is 3.22. The van der Waals surface area contributed by atoms with Gasteiger partial charge in [0.25, 0.3) is 5.91 Å². The fourth-order valence-electron chi connectivity index (χ4n) is 2.00. The third-order valence-electron chi connectivity index (χ3n) is 2.96. The number of halogens is 1. The molecule has 4 nitrogen and oxygen atoms in total. The molecule has 0 aliphatic rings. The second kappa shape index (κ2) is 4.64. The first-order valence-corrected chi connectivity index (χ1v) is 6.36. The molecule has 0 amide bonds. The van der Waals surface area contributed by atoms with E-state index in [1.807, 2.05) is 13.0 Å². The standard InChI is InChI=1S/C14H10FN3OS/c1-9-6-7-12-16-14(20)18(17(12)8-9)13(19)10-4-2-3-5-11(10)15/h2-8H,1H3. The summed E-state index contributed by atoms with van der Waals surface area (Å²) in [6.45, 7) is 1.89. The van der Waals surface area contributed by atoms with Gasteiger partial charge in [0.05, 0.1) is 5.56 Å². The molecule has 0 spiro atoms. The summed E-state index contributed by atoms with van der Waals surface area (Å²) in [6, 6.07) is 9.43. The summed E-state index contributed by atoms with van der Waals surface area (Å²) < 4.78 is 16.6. The van der Waals surface area contributed by atoms with Crippen LogP contribution in [0.3, 0.4) is 0 Å². The van der Waals surface area contributed by atoms with Crippen molar-refractivity contribution in [1.82, 2.24) is 14.2 Å². The van der Waals surface area contributed by atoms with Crippen LogP contribution < -0.4 is 0 Å². The van der Waals surface area contributed by atoms with Crippen LogP contribution in [0.15, 0.2) is 42.6 Å². The Balaban J connectivity index is 2.27. The summed E-state index contributed by atoms with van der Waals surface area (Å²) in [4.78, 5) is 16.6. The van der Waals surface area contributed by atoms with Crippen LogP contribution in [0, 0.1) is 17.5 Å². The van der Waals surface area contributed by atoms with Crippen molar-refractivity contribution in [1.29, 1.82) is 0 Å². The highest BCUT2D eigenvalue weighted by molar-refractivity contribution is 7.71. The molecular weight excluding hydrogens is 277 g/mol. The largest absolute Gasteiger partial charge is 0.282 e. The van der Waals surface area contributed by atoms with Crippen LogP contribution >= 0.6 is 12.2 Å². The van der Waals surface area contributed by atoms with Crippen LogP contribution in [-0.2, 0) is 0 Å². The first kappa shape index (κ1) is 12.7. The van der Waals surface area contributed by atoms with Crippen LogP contribution in [0.1, 0.15) is 15.9 Å². The van der Waals surface area contributed by atoms with Crippen LogP contribution in [0.4, 0.5) is 4.39 Å². The number of carbonyl (C=O) groups is 1. The maximum atomic E-state index is 13.7. The Morgan fingerprint density at radius 3 is 2.75 bits per heavy atom. The van der Waals surface area contributed by atoms with E-state index in [0.717, 1.165) is 5.56 Å². The number of benzene rings is 1. The van der Waals surface area contributed by atoms with Gasteiger partial charge in [-0.1, -0.05) is 18.2 Å². The molecule has 0 aliphatic carbocycles. The maximum absolute atomic E-state index is 13.7. The molecule has 2 heterocycles. The number of hydrogen-bond donors (Lipinski definition) is 0. The first-order valence-electron chi connectivity index (χ1n) is 5.95. The number of pyridine rings is 1. The molecule has 0 unspecified atom stereocenters. The first-order chi connectivity index (χ1) is 9.58. The van der Waals surface area contributed by atoms with Crippen molar-refractivity contribution in [3.8, 4) is 0 Å². The van der Waals surface area contributed by atoms with Crippen LogP contribution in [-0.4, -0.2) is 20.1 Å². The van der Waals surface area contributed by atoms with Gasteiger partial charge in [-0.25, -0.2) is 8.91 Å². The van der Waals surface area contributed by atoms with E-state index in [2.05, 4.69) is 4.98 Å². The number of aryl methyl sites for hydroxylation is 1. The lowest BCUT2D eigenvalue weighted by Crippen LogP contribution is -2.18. The quantitative estimate of drug-likeness (QED) is 0.646. The lowest BCUT2D eigenvalue weighted by molar-refractivity contribution is 0.0934. The molecule has 0 atom stereocenters. The van der Waals surface area contributed by atoms with Crippen LogP contribution in [0.5, 0.6) is 0 Å². The molecule has 0 radical (unpaired) electrons. The van der Waals surface area contributed by atoms with E-state index in [1.165, 1.54) is 27.4 Å². The molecule has 0 fully saturated rings. The number of rotatable bonds is 1. The Hall–Kier alpha value is -2.34. The highest BCUT2D eigenvalue weighted by Crippen LogP contribution is 2.12. The van der Waals surface area contributed by atoms with Gasteiger partial charge < -0.3 is 0 Å². The molecule has 2 aromatic heterocycles. The van der Waals surface area contributed by atoms with Crippen molar-refractivity contribution in [2.45, 2.75) is 6.92 Å². The van der Waals surface area contributed by atoms with Crippen molar-refractivity contribution in [3.63, 3.8) is 0 Å². The van der Waals surface area contributed by atoms with Gasteiger partial charge in [-0.2, -0.15) is 9.67 Å². The van der Waals surface area contributed by atoms with Crippen molar-refractivity contribution in [2.75, 3.05) is 0 Å². The molecule has 3 aromatic rings. The molecule has 0 N–H and O–H groups in total. The Kier molecular flexibility index (Phi) is 2.94. The summed E-state index contributed by atoms with van der Waals surface area (Å²) >= 11 is 5.10. The van der Waals surface area contributed by atoms with E-state index in [1.54, 1.807) is 18.3 Å². The van der Waals surface area contributed by atoms with Gasteiger partial charge in [0.15, 0.2) is 5.65 Å². The normalized spacial score (nSPS) is 10.9. The molecule has 0 saturated carbocycles. The van der Waals surface area contributed by atoms with Crippen molar-refractivity contribution >= 4 is 23.8 Å². The minimum Gasteiger partial charge on any atom is -0.267 e. The summed E-state index contributed by atoms with van der Waals surface area (Å²) in [7, 11) is 0. The number of fused-ring (bicyclic) bond motifs is 1. The van der Waals surface area contributed by atoms with Gasteiger partial charge in [0.2, 0.25) is 4.77 Å². The van der Waals surface area contributed by atoms with Crippen molar-refractivity contribution < 1.29 is 9.18 Å². The lowest BCUT2D eigenvalue weighted by atomic mass is 10.2. The Labute approximate surface area is 119 Å². The predicted molar refractivity (Wildman–Crippen MR) is 74.9 cm³/mol. The van der Waals surface area contributed by atoms with Gasteiger partial charge in [0, 0.05) is 6.20 Å². The third kappa shape index (κ3) is 1.94. The Morgan fingerprint density at radius 2 is 2.00 bits per heavy atom. The van der Waals surface area contributed by atoms with Gasteiger partial charge >= 0.3 is 0 Å². The summed E-state index contributed by atoms with van der Waals surface area (Å²) in [6.07, 6.45) is 1.73. The van der Waals surface area contributed by atoms with E-state index in [4.69, 9.17) is 12.2 Å². The maximum Gasteiger partial charge on any atom is 0.282 e. The fraction of sp³-hybridized carbons (Fsp3) is 0.0714. The Morgan fingerprint density at radius 1 is 1.25 bits per heavy atom. The second-order valence-corrected chi connectivity index (χ2v) is 4.77. The van der Waals surface area contributed by atoms with Gasteiger partial charge in [-0.3, -0.25) is 4.79 Å². The summed E-state index contributed by atoms with van der Waals surface area (Å²) in [5, 5.41) is 0. The molecule has 0 aliphatic heterocycles. The fourth-order valence-corrected chi connectivity index (χ4v) is 2.27. The number of nitrogens with zero attached hydrogens (tertiary/aromatic N) is 3. The van der Waals surface area contributed by atoms with Crippen molar-refractivity contribution in [2.24, 2.45) is 0 Å². The topological polar surface area (TPSA) is 39.3 Å². The smallest absolute Gasteiger partial charge is 0.267 e. The van der Waals surface area contributed by atoms with Gasteiger partial charge in [-0.05, 0) is 42.9 Å². The highest BCUT2D eigenvalue weighted by Gasteiger charge is 2.17. The number of carbonyl (C=O) groups excluding carboxylic acids is 1. The average molecular weight is 287 g/mol. The number of aromatic nitrogens is 3. The van der Waals surface area contributed by atoms with E-state index < -0.39 is 11.7 Å². The predicted octanol–water partition coefficient (Wildman–Crippen LogP) is 3.00. The average Bonchev–Trinajstić information content (AvgIpc) is 2.74. The summed E-state index contributed by atoms with van der Waals surface area (Å²) in [5.74, 6) is -1.12. The zero-order chi connectivity index (χ0) is 14.3. The molecular formula is C14H10FN3OS. The lowest BCUT2D eigenvalue weighted by Gasteiger charge is -2.06. The van der Waals surface area contributed by atoms with E-state index >= 15 is 0 Å². The summed E-state index contributed by atoms with van der Waals surface area (Å²) in [5.41, 5.74) is 1.46. The molecule has 1 aromatic carbocycles. The minimum atomic E-state index is -0.581. The van der Waals surface area contributed by atoms with Crippen molar-refractivity contribution in [3.05, 3.63) is 64.3 Å². The molecule has 100 valence electrons. The van der Waals surface area contributed by atoms with E-state index in [0.29, 0.717) is 5.65 Å². The molecule has 0 saturated heterocycles.